The Hall–Kier alpha value is -1.46. The van der Waals surface area contributed by atoms with E-state index in [0.29, 0.717) is 12.8 Å². The minimum atomic E-state index is -1.29. The highest BCUT2D eigenvalue weighted by Crippen LogP contribution is 2.07. The maximum atomic E-state index is 9.96. The molecule has 0 atom stereocenters. The molecular weight excluding hydrogens is 192 g/mol. The van der Waals surface area contributed by atoms with Crippen LogP contribution in [-0.4, -0.2) is 35.7 Å². The van der Waals surface area contributed by atoms with Crippen molar-refractivity contribution in [2.75, 3.05) is 13.2 Å². The van der Waals surface area contributed by atoms with Gasteiger partial charge in [-0.2, -0.15) is 0 Å². The molecule has 0 saturated heterocycles. The van der Waals surface area contributed by atoms with Crippen molar-refractivity contribution < 1.29 is 29.3 Å². The number of hydrogen-bond donors (Lipinski definition) is 2. The third kappa shape index (κ3) is 8.63. The minimum Gasteiger partial charge on any atom is -0.450 e. The first-order valence-corrected chi connectivity index (χ1v) is 4.23. The minimum absolute atomic E-state index is 0.129. The summed E-state index contributed by atoms with van der Waals surface area (Å²) in [4.78, 5) is 19.9. The van der Waals surface area contributed by atoms with E-state index in [1.807, 2.05) is 6.92 Å². The molecule has 0 aromatic rings. The van der Waals surface area contributed by atoms with Gasteiger partial charge in [0.05, 0.1) is 13.2 Å². The van der Waals surface area contributed by atoms with Crippen molar-refractivity contribution in [1.82, 2.24) is 0 Å². The molecule has 0 heterocycles. The van der Waals surface area contributed by atoms with E-state index in [-0.39, 0.29) is 19.1 Å². The van der Waals surface area contributed by atoms with Crippen molar-refractivity contribution in [1.29, 1.82) is 0 Å². The molecule has 0 spiro atoms. The quantitative estimate of drug-likeness (QED) is 0.643. The molecule has 0 aliphatic carbocycles. The second kappa shape index (κ2) is 6.99. The summed E-state index contributed by atoms with van der Waals surface area (Å²) in [6, 6.07) is 0. The average molecular weight is 206 g/mol. The van der Waals surface area contributed by atoms with Crippen molar-refractivity contribution >= 4 is 12.3 Å². The smallest absolute Gasteiger partial charge is 0.450 e. The Morgan fingerprint density at radius 3 is 1.71 bits per heavy atom. The lowest BCUT2D eigenvalue weighted by Crippen LogP contribution is -2.09. The number of hydrogen-bond acceptors (Lipinski definition) is 4. The van der Waals surface area contributed by atoms with Crippen molar-refractivity contribution in [2.45, 2.75) is 19.8 Å². The van der Waals surface area contributed by atoms with Gasteiger partial charge in [-0.25, -0.2) is 9.59 Å². The lowest BCUT2D eigenvalue weighted by Gasteiger charge is -2.09. The van der Waals surface area contributed by atoms with Crippen LogP contribution in [0.2, 0.25) is 0 Å². The van der Waals surface area contributed by atoms with Gasteiger partial charge in [-0.1, -0.05) is 6.92 Å². The van der Waals surface area contributed by atoms with E-state index in [1.54, 1.807) is 0 Å². The number of ether oxygens (including phenoxy) is 2. The molecule has 6 heteroatoms. The lowest BCUT2D eigenvalue weighted by atomic mass is 10.1. The van der Waals surface area contributed by atoms with Gasteiger partial charge < -0.3 is 19.7 Å². The summed E-state index contributed by atoms with van der Waals surface area (Å²) in [6.45, 7) is 2.13. The Bertz CT molecular complexity index is 170. The fourth-order valence-corrected chi connectivity index (χ4v) is 0.839. The highest BCUT2D eigenvalue weighted by Gasteiger charge is 2.05. The van der Waals surface area contributed by atoms with Crippen molar-refractivity contribution in [3.05, 3.63) is 0 Å². The monoisotopic (exact) mass is 206 g/mol. The summed E-state index contributed by atoms with van der Waals surface area (Å²) in [5.74, 6) is 0.175. The van der Waals surface area contributed by atoms with Crippen LogP contribution in [0.4, 0.5) is 9.59 Å². The van der Waals surface area contributed by atoms with Gasteiger partial charge in [0.1, 0.15) is 0 Å². The molecule has 0 rings (SSSR count). The Kier molecular flexibility index (Phi) is 6.26. The van der Waals surface area contributed by atoms with E-state index >= 15 is 0 Å². The number of carbonyl (C=O) groups is 2. The van der Waals surface area contributed by atoms with Crippen LogP contribution < -0.4 is 0 Å². The van der Waals surface area contributed by atoms with Crippen molar-refractivity contribution in [2.24, 2.45) is 5.92 Å². The predicted octanol–water partition coefficient (Wildman–Crippen LogP) is 1.79. The van der Waals surface area contributed by atoms with Crippen LogP contribution in [0.3, 0.4) is 0 Å². The van der Waals surface area contributed by atoms with E-state index in [2.05, 4.69) is 9.47 Å². The van der Waals surface area contributed by atoms with Crippen LogP contribution in [0.1, 0.15) is 19.8 Å². The van der Waals surface area contributed by atoms with E-state index in [1.165, 1.54) is 0 Å². The zero-order valence-electron chi connectivity index (χ0n) is 7.93. The van der Waals surface area contributed by atoms with Crippen LogP contribution in [-0.2, 0) is 9.47 Å². The van der Waals surface area contributed by atoms with Crippen LogP contribution in [0.25, 0.3) is 0 Å². The molecule has 0 aliphatic heterocycles. The van der Waals surface area contributed by atoms with Gasteiger partial charge in [-0.05, 0) is 18.8 Å². The predicted molar refractivity (Wildman–Crippen MR) is 46.4 cm³/mol. The third-order valence-electron chi connectivity index (χ3n) is 1.67. The second-order valence-corrected chi connectivity index (χ2v) is 2.91. The molecule has 0 unspecified atom stereocenters. The summed E-state index contributed by atoms with van der Waals surface area (Å²) >= 11 is 0. The average Bonchev–Trinajstić information content (AvgIpc) is 2.02. The topological polar surface area (TPSA) is 93.1 Å². The molecule has 0 aromatic heterocycles. The summed E-state index contributed by atoms with van der Waals surface area (Å²) in [7, 11) is 0. The fourth-order valence-electron chi connectivity index (χ4n) is 0.839. The molecular formula is C8H14O6. The van der Waals surface area contributed by atoms with E-state index in [4.69, 9.17) is 10.2 Å². The van der Waals surface area contributed by atoms with Crippen molar-refractivity contribution in [3.8, 4) is 0 Å². The molecule has 0 aromatic carbocycles. The van der Waals surface area contributed by atoms with Gasteiger partial charge in [0.15, 0.2) is 0 Å². The van der Waals surface area contributed by atoms with Gasteiger partial charge in [-0.15, -0.1) is 0 Å². The molecule has 0 radical (unpaired) electrons. The Morgan fingerprint density at radius 2 is 1.43 bits per heavy atom. The van der Waals surface area contributed by atoms with E-state index in [0.717, 1.165) is 0 Å². The zero-order valence-corrected chi connectivity index (χ0v) is 7.93. The molecule has 82 valence electrons. The molecule has 14 heavy (non-hydrogen) atoms. The van der Waals surface area contributed by atoms with E-state index in [9.17, 15) is 9.59 Å². The van der Waals surface area contributed by atoms with Gasteiger partial charge in [0.2, 0.25) is 0 Å². The van der Waals surface area contributed by atoms with Crippen LogP contribution in [0, 0.1) is 5.92 Å². The molecule has 6 nitrogen and oxygen atoms in total. The van der Waals surface area contributed by atoms with Gasteiger partial charge >= 0.3 is 12.3 Å². The molecule has 0 aliphatic rings. The second-order valence-electron chi connectivity index (χ2n) is 2.91. The summed E-state index contributed by atoms with van der Waals surface area (Å²) in [6.07, 6.45) is -1.46. The van der Waals surface area contributed by atoms with Crippen LogP contribution in [0.5, 0.6) is 0 Å². The van der Waals surface area contributed by atoms with E-state index < -0.39 is 12.3 Å². The highest BCUT2D eigenvalue weighted by atomic mass is 16.7. The summed E-state index contributed by atoms with van der Waals surface area (Å²) in [5, 5.41) is 16.3. The first-order valence-electron chi connectivity index (χ1n) is 4.23. The molecule has 0 fully saturated rings. The third-order valence-corrected chi connectivity index (χ3v) is 1.67. The first kappa shape index (κ1) is 12.5. The Labute approximate surface area is 81.4 Å². The maximum Gasteiger partial charge on any atom is 0.505 e. The molecule has 0 saturated carbocycles. The standard InChI is InChI=1S/C8H14O6/c1-6(2-4-13-7(9)10)3-5-14-8(11)12/h6H,2-5H2,1H3,(H,9,10)(H,11,12). The lowest BCUT2D eigenvalue weighted by molar-refractivity contribution is 0.0783. The fraction of sp³-hybridized carbons (Fsp3) is 0.750. The highest BCUT2D eigenvalue weighted by molar-refractivity contribution is 5.56. The van der Waals surface area contributed by atoms with Crippen molar-refractivity contribution in [3.63, 3.8) is 0 Å². The Balaban J connectivity index is 3.32. The number of carboxylic acid groups (broad SMARTS) is 2. The van der Waals surface area contributed by atoms with Crippen LogP contribution in [0.15, 0.2) is 0 Å². The maximum absolute atomic E-state index is 9.96. The van der Waals surface area contributed by atoms with Gasteiger partial charge in [0.25, 0.3) is 0 Å². The summed E-state index contributed by atoms with van der Waals surface area (Å²) in [5.41, 5.74) is 0. The van der Waals surface area contributed by atoms with Gasteiger partial charge in [-0.3, -0.25) is 0 Å². The van der Waals surface area contributed by atoms with Crippen LogP contribution >= 0.6 is 0 Å². The molecule has 0 bridgehead atoms. The normalized spacial score (nSPS) is 9.86. The SMILES string of the molecule is CC(CCOC(=O)O)CCOC(=O)O. The van der Waals surface area contributed by atoms with Gasteiger partial charge in [0, 0.05) is 0 Å². The Morgan fingerprint density at radius 1 is 1.07 bits per heavy atom. The first-order chi connectivity index (χ1) is 6.52. The molecule has 0 amide bonds. The molecule has 2 N–H and O–H groups in total. The summed E-state index contributed by atoms with van der Waals surface area (Å²) < 4.78 is 8.60. The zero-order chi connectivity index (χ0) is 11.0. The largest absolute Gasteiger partial charge is 0.505 e. The number of rotatable bonds is 6.